The third-order valence-electron chi connectivity index (χ3n) is 2.60. The van der Waals surface area contributed by atoms with Crippen molar-refractivity contribution in [3.8, 4) is 11.8 Å². The lowest BCUT2D eigenvalue weighted by Crippen LogP contribution is -2.16. The van der Waals surface area contributed by atoms with Crippen LogP contribution < -0.4 is 10.2 Å². The Labute approximate surface area is 134 Å². The predicted octanol–water partition coefficient (Wildman–Crippen LogP) is 2.77. The first kappa shape index (κ1) is 19.0. The number of nitriles is 1. The summed E-state index contributed by atoms with van der Waals surface area (Å²) in [6.07, 6.45) is -4.37. The van der Waals surface area contributed by atoms with Crippen LogP contribution in [0.5, 0.6) is 5.75 Å². The number of allylic oxidation sites excluding steroid dienone is 1. The Bertz CT molecular complexity index is 721. The maximum absolute atomic E-state index is 13.7. The summed E-state index contributed by atoms with van der Waals surface area (Å²) in [7, 11) is 2.16. The van der Waals surface area contributed by atoms with Gasteiger partial charge < -0.3 is 9.47 Å². The molecule has 10 heteroatoms. The van der Waals surface area contributed by atoms with Gasteiger partial charge in [-0.3, -0.25) is 5.43 Å². The van der Waals surface area contributed by atoms with Crippen molar-refractivity contribution >= 4 is 17.9 Å². The maximum atomic E-state index is 13.7. The molecule has 6 nitrogen and oxygen atoms in total. The minimum absolute atomic E-state index is 0.0118. The fourth-order valence-electron chi connectivity index (χ4n) is 1.44. The van der Waals surface area contributed by atoms with E-state index < -0.39 is 23.5 Å². The molecule has 0 heterocycles. The number of hydrogen-bond acceptors (Lipinski definition) is 6. The lowest BCUT2D eigenvalue weighted by atomic mass is 10.2. The zero-order chi connectivity index (χ0) is 18.3. The lowest BCUT2D eigenvalue weighted by molar-refractivity contribution is -0.135. The van der Waals surface area contributed by atoms with Crippen molar-refractivity contribution in [2.45, 2.75) is 6.18 Å². The number of hydrazone groups is 1. The van der Waals surface area contributed by atoms with E-state index in [0.29, 0.717) is 6.21 Å². The number of ether oxygens (including phenoxy) is 2. The first-order valence-corrected chi connectivity index (χ1v) is 6.16. The van der Waals surface area contributed by atoms with Gasteiger partial charge in [-0.05, 0) is 6.07 Å². The van der Waals surface area contributed by atoms with Gasteiger partial charge in [0.25, 0.3) is 0 Å². The molecule has 0 aromatic heterocycles. The molecule has 24 heavy (non-hydrogen) atoms. The quantitative estimate of drug-likeness (QED) is 0.292. The molecule has 0 amide bonds. The van der Waals surface area contributed by atoms with Gasteiger partial charge in [-0.2, -0.15) is 23.5 Å². The highest BCUT2D eigenvalue weighted by Gasteiger charge is 2.33. The van der Waals surface area contributed by atoms with E-state index >= 15 is 0 Å². The summed E-state index contributed by atoms with van der Waals surface area (Å²) < 4.78 is 60.8. The number of anilines is 1. The summed E-state index contributed by atoms with van der Waals surface area (Å²) in [6, 6.07) is 3.59. The number of nitrogens with zero attached hydrogens (tertiary/aromatic N) is 2. The van der Waals surface area contributed by atoms with E-state index in [-0.39, 0.29) is 23.1 Å². The van der Waals surface area contributed by atoms with Crippen LogP contribution in [0, 0.1) is 17.1 Å². The molecule has 0 bridgehead atoms. The number of benzene rings is 1. The first-order valence-electron chi connectivity index (χ1n) is 6.16. The molecule has 0 aliphatic heterocycles. The lowest BCUT2D eigenvalue weighted by Gasteiger charge is -2.09. The standard InChI is InChI=1S/C14H11F4N3O3/c1-23-12-5-11(10(15)3-8(12)6-19)21-20-7-9(14(16,17)18)4-13(22)24-2/h3-5,7,21H,1-2H3/b9-4+,20-7+. The zero-order valence-electron chi connectivity index (χ0n) is 12.4. The molecule has 0 spiro atoms. The third kappa shape index (κ3) is 4.98. The Morgan fingerprint density at radius 1 is 1.38 bits per heavy atom. The van der Waals surface area contributed by atoms with E-state index in [1.807, 2.05) is 5.43 Å². The molecule has 0 atom stereocenters. The molecule has 0 fully saturated rings. The molecular formula is C14H11F4N3O3. The monoisotopic (exact) mass is 345 g/mol. The summed E-state index contributed by atoms with van der Waals surface area (Å²) in [6.45, 7) is 0. The molecule has 128 valence electrons. The van der Waals surface area contributed by atoms with Gasteiger partial charge in [-0.25, -0.2) is 9.18 Å². The van der Waals surface area contributed by atoms with Crippen LogP contribution in [-0.2, 0) is 9.53 Å². The van der Waals surface area contributed by atoms with Gasteiger partial charge in [0, 0.05) is 12.1 Å². The van der Waals surface area contributed by atoms with Gasteiger partial charge in [0.2, 0.25) is 0 Å². The highest BCUT2D eigenvalue weighted by atomic mass is 19.4. The predicted molar refractivity (Wildman–Crippen MR) is 75.9 cm³/mol. The SMILES string of the molecule is COC(=O)/C=C(\C=N\Nc1cc(OC)c(C#N)cc1F)C(F)(F)F. The normalized spacial score (nSPS) is 12.0. The second-order valence-corrected chi connectivity index (χ2v) is 4.13. The van der Waals surface area contributed by atoms with Crippen molar-refractivity contribution in [3.63, 3.8) is 0 Å². The Morgan fingerprint density at radius 3 is 2.54 bits per heavy atom. The largest absolute Gasteiger partial charge is 0.495 e. The third-order valence-corrected chi connectivity index (χ3v) is 2.60. The summed E-state index contributed by atoms with van der Waals surface area (Å²) >= 11 is 0. The molecule has 0 saturated carbocycles. The van der Waals surface area contributed by atoms with Crippen LogP contribution >= 0.6 is 0 Å². The van der Waals surface area contributed by atoms with Crippen molar-refractivity contribution in [2.24, 2.45) is 5.10 Å². The topological polar surface area (TPSA) is 83.7 Å². The average Bonchev–Trinajstić information content (AvgIpc) is 2.53. The van der Waals surface area contributed by atoms with Crippen LogP contribution in [0.4, 0.5) is 23.2 Å². The Kier molecular flexibility index (Phi) is 6.29. The van der Waals surface area contributed by atoms with Crippen molar-refractivity contribution < 1.29 is 31.8 Å². The first-order chi connectivity index (χ1) is 11.2. The highest BCUT2D eigenvalue weighted by molar-refractivity contribution is 5.92. The number of nitrogens with one attached hydrogen (secondary N) is 1. The van der Waals surface area contributed by atoms with Gasteiger partial charge in [-0.1, -0.05) is 0 Å². The zero-order valence-corrected chi connectivity index (χ0v) is 12.4. The van der Waals surface area contributed by atoms with Crippen LogP contribution in [0.3, 0.4) is 0 Å². The van der Waals surface area contributed by atoms with Gasteiger partial charge in [0.15, 0.2) is 0 Å². The molecular weight excluding hydrogens is 334 g/mol. The summed E-state index contributed by atoms with van der Waals surface area (Å²) in [4.78, 5) is 10.9. The van der Waals surface area contributed by atoms with E-state index in [0.717, 1.165) is 19.2 Å². The van der Waals surface area contributed by atoms with Gasteiger partial charge in [0.1, 0.15) is 17.6 Å². The van der Waals surface area contributed by atoms with Crippen LogP contribution in [-0.4, -0.2) is 32.6 Å². The summed E-state index contributed by atoms with van der Waals surface area (Å²) in [5.41, 5.74) is 0.235. The Hall–Kier alpha value is -3.09. The Balaban J connectivity index is 3.06. The van der Waals surface area contributed by atoms with Gasteiger partial charge >= 0.3 is 12.1 Å². The number of esters is 1. The van der Waals surface area contributed by atoms with Gasteiger partial charge in [0.05, 0.1) is 37.3 Å². The van der Waals surface area contributed by atoms with Crippen LogP contribution in [0.2, 0.25) is 0 Å². The second-order valence-electron chi connectivity index (χ2n) is 4.13. The maximum Gasteiger partial charge on any atom is 0.418 e. The number of halogens is 4. The number of rotatable bonds is 5. The molecule has 1 rings (SSSR count). The minimum atomic E-state index is -4.86. The number of carbonyl (C=O) groups is 1. The van der Waals surface area contributed by atoms with Crippen LogP contribution in [0.25, 0.3) is 0 Å². The smallest absolute Gasteiger partial charge is 0.418 e. The highest BCUT2D eigenvalue weighted by Crippen LogP contribution is 2.27. The van der Waals surface area contributed by atoms with Crippen molar-refractivity contribution in [1.29, 1.82) is 5.26 Å². The second kappa shape index (κ2) is 7.96. The van der Waals surface area contributed by atoms with E-state index in [9.17, 15) is 22.4 Å². The summed E-state index contributed by atoms with van der Waals surface area (Å²) in [5.74, 6) is -2.13. The van der Waals surface area contributed by atoms with Gasteiger partial charge in [-0.15, -0.1) is 0 Å². The van der Waals surface area contributed by atoms with E-state index in [4.69, 9.17) is 10.00 Å². The van der Waals surface area contributed by atoms with Crippen LogP contribution in [0.1, 0.15) is 5.56 Å². The van der Waals surface area contributed by atoms with E-state index in [2.05, 4.69) is 9.84 Å². The van der Waals surface area contributed by atoms with Crippen molar-refractivity contribution in [3.05, 3.63) is 35.2 Å². The minimum Gasteiger partial charge on any atom is -0.495 e. The molecule has 0 radical (unpaired) electrons. The number of alkyl halides is 3. The molecule has 0 unspecified atom stereocenters. The fourth-order valence-corrected chi connectivity index (χ4v) is 1.44. The Morgan fingerprint density at radius 2 is 2.04 bits per heavy atom. The average molecular weight is 345 g/mol. The molecule has 0 aliphatic rings. The van der Waals surface area contributed by atoms with E-state index in [1.54, 1.807) is 6.07 Å². The van der Waals surface area contributed by atoms with Crippen molar-refractivity contribution in [1.82, 2.24) is 0 Å². The van der Waals surface area contributed by atoms with Crippen molar-refractivity contribution in [2.75, 3.05) is 19.6 Å². The molecule has 1 N–H and O–H groups in total. The van der Waals surface area contributed by atoms with Crippen LogP contribution in [0.15, 0.2) is 28.9 Å². The fraction of sp³-hybridized carbons (Fsp3) is 0.214. The van der Waals surface area contributed by atoms with E-state index in [1.165, 1.54) is 7.11 Å². The molecule has 0 aliphatic carbocycles. The molecule has 1 aromatic rings. The number of carbonyl (C=O) groups excluding carboxylic acids is 1. The summed E-state index contributed by atoms with van der Waals surface area (Å²) in [5, 5.41) is 12.0. The number of hydrogen-bond donors (Lipinski definition) is 1. The number of methoxy groups -OCH3 is 2. The molecule has 0 saturated heterocycles. The molecule has 1 aromatic carbocycles.